The summed E-state index contributed by atoms with van der Waals surface area (Å²) in [6, 6.07) is 2.83. The average molecular weight is 345 g/mol. The third-order valence-corrected chi connectivity index (χ3v) is 4.41. The number of carbonyl (C=O) groups is 2. The third-order valence-electron chi connectivity index (χ3n) is 4.41. The molecule has 1 aliphatic rings. The zero-order chi connectivity index (χ0) is 18.1. The SMILES string of the molecule is Cc1cc2nc(C(NC(=O)CN3CCCC3=O)C(C)C)cc(=O)n2[nH]1. The Kier molecular flexibility index (Phi) is 4.61. The smallest absolute Gasteiger partial charge is 0.272 e. The molecule has 0 aliphatic carbocycles. The summed E-state index contributed by atoms with van der Waals surface area (Å²) in [5.74, 6) is -0.175. The first-order valence-electron chi connectivity index (χ1n) is 8.51. The van der Waals surface area contributed by atoms with Crippen molar-refractivity contribution in [2.75, 3.05) is 13.1 Å². The lowest BCUT2D eigenvalue weighted by Crippen LogP contribution is -2.41. The molecule has 8 heteroatoms. The van der Waals surface area contributed by atoms with Gasteiger partial charge in [-0.2, -0.15) is 0 Å². The fraction of sp³-hybridized carbons (Fsp3) is 0.529. The molecule has 2 aromatic heterocycles. The zero-order valence-corrected chi connectivity index (χ0v) is 14.7. The number of rotatable bonds is 5. The molecule has 2 N–H and O–H groups in total. The van der Waals surface area contributed by atoms with E-state index in [2.05, 4.69) is 15.4 Å². The van der Waals surface area contributed by atoms with Crippen LogP contribution in [-0.2, 0) is 9.59 Å². The summed E-state index contributed by atoms with van der Waals surface area (Å²) in [6.07, 6.45) is 1.30. The topological polar surface area (TPSA) is 99.6 Å². The number of hydrogen-bond acceptors (Lipinski definition) is 4. The first-order valence-corrected chi connectivity index (χ1v) is 8.51. The van der Waals surface area contributed by atoms with Crippen molar-refractivity contribution in [3.8, 4) is 0 Å². The lowest BCUT2D eigenvalue weighted by Gasteiger charge is -2.23. The van der Waals surface area contributed by atoms with Gasteiger partial charge in [0, 0.05) is 30.8 Å². The maximum Gasteiger partial charge on any atom is 0.272 e. The highest BCUT2D eigenvalue weighted by molar-refractivity contribution is 5.86. The van der Waals surface area contributed by atoms with Gasteiger partial charge in [0.05, 0.1) is 18.3 Å². The van der Waals surface area contributed by atoms with Gasteiger partial charge in [0.1, 0.15) is 0 Å². The van der Waals surface area contributed by atoms with Gasteiger partial charge in [-0.1, -0.05) is 13.8 Å². The Morgan fingerprint density at radius 2 is 2.12 bits per heavy atom. The minimum atomic E-state index is -0.391. The Labute approximate surface area is 145 Å². The number of aromatic nitrogens is 3. The molecule has 0 saturated carbocycles. The van der Waals surface area contributed by atoms with Crippen LogP contribution >= 0.6 is 0 Å². The molecule has 0 aromatic carbocycles. The molecule has 1 fully saturated rings. The van der Waals surface area contributed by atoms with Gasteiger partial charge in [-0.05, 0) is 19.3 Å². The van der Waals surface area contributed by atoms with Crippen molar-refractivity contribution >= 4 is 17.5 Å². The van der Waals surface area contributed by atoms with Crippen LogP contribution in [0.2, 0.25) is 0 Å². The number of aromatic amines is 1. The highest BCUT2D eigenvalue weighted by atomic mass is 16.2. The average Bonchev–Trinajstić information content (AvgIpc) is 3.10. The number of fused-ring (bicyclic) bond motifs is 1. The van der Waals surface area contributed by atoms with E-state index in [4.69, 9.17) is 0 Å². The molecule has 3 rings (SSSR count). The quantitative estimate of drug-likeness (QED) is 0.836. The molecule has 0 bridgehead atoms. The number of aryl methyl sites for hydroxylation is 1. The van der Waals surface area contributed by atoms with Crippen LogP contribution in [0, 0.1) is 12.8 Å². The van der Waals surface area contributed by atoms with E-state index in [9.17, 15) is 14.4 Å². The second-order valence-electron chi connectivity index (χ2n) is 6.86. The molecule has 2 amide bonds. The van der Waals surface area contributed by atoms with Crippen LogP contribution in [0.3, 0.4) is 0 Å². The van der Waals surface area contributed by atoms with E-state index in [0.29, 0.717) is 24.3 Å². The van der Waals surface area contributed by atoms with Gasteiger partial charge in [-0.3, -0.25) is 19.5 Å². The Morgan fingerprint density at radius 3 is 2.76 bits per heavy atom. The maximum absolute atomic E-state index is 12.4. The van der Waals surface area contributed by atoms with Gasteiger partial charge in [0.25, 0.3) is 5.56 Å². The van der Waals surface area contributed by atoms with Crippen LogP contribution in [0.25, 0.3) is 5.65 Å². The monoisotopic (exact) mass is 345 g/mol. The summed E-state index contributed by atoms with van der Waals surface area (Å²) >= 11 is 0. The molecule has 0 spiro atoms. The number of hydrogen-bond donors (Lipinski definition) is 2. The summed E-state index contributed by atoms with van der Waals surface area (Å²) in [7, 11) is 0. The molecule has 2 aromatic rings. The minimum Gasteiger partial charge on any atom is -0.346 e. The Bertz CT molecular complexity index is 867. The number of H-pyrrole nitrogens is 1. The summed E-state index contributed by atoms with van der Waals surface area (Å²) in [6.45, 7) is 6.43. The van der Waals surface area contributed by atoms with E-state index in [-0.39, 0.29) is 29.8 Å². The van der Waals surface area contributed by atoms with Crippen molar-refractivity contribution in [3.05, 3.63) is 33.9 Å². The maximum atomic E-state index is 12.4. The molecule has 8 nitrogen and oxygen atoms in total. The number of nitrogens with zero attached hydrogens (tertiary/aromatic N) is 3. The van der Waals surface area contributed by atoms with E-state index in [1.54, 1.807) is 11.0 Å². The van der Waals surface area contributed by atoms with Crippen molar-refractivity contribution < 1.29 is 9.59 Å². The summed E-state index contributed by atoms with van der Waals surface area (Å²) < 4.78 is 1.38. The molecular weight excluding hydrogens is 322 g/mol. The van der Waals surface area contributed by atoms with E-state index in [0.717, 1.165) is 12.1 Å². The lowest BCUT2D eigenvalue weighted by molar-refractivity contribution is -0.133. The van der Waals surface area contributed by atoms with Crippen LogP contribution in [0.4, 0.5) is 0 Å². The van der Waals surface area contributed by atoms with Crippen molar-refractivity contribution in [2.45, 2.75) is 39.7 Å². The molecule has 1 atom stereocenters. The van der Waals surface area contributed by atoms with Crippen molar-refractivity contribution in [1.29, 1.82) is 0 Å². The van der Waals surface area contributed by atoms with E-state index in [1.807, 2.05) is 20.8 Å². The molecular formula is C17H23N5O3. The minimum absolute atomic E-state index is 0.0110. The Morgan fingerprint density at radius 1 is 1.36 bits per heavy atom. The third kappa shape index (κ3) is 3.57. The van der Waals surface area contributed by atoms with Crippen molar-refractivity contribution in [1.82, 2.24) is 24.8 Å². The second kappa shape index (κ2) is 6.70. The Balaban J connectivity index is 1.82. The van der Waals surface area contributed by atoms with E-state index in [1.165, 1.54) is 10.6 Å². The fourth-order valence-electron chi connectivity index (χ4n) is 3.14. The number of amides is 2. The number of nitrogens with one attached hydrogen (secondary N) is 2. The van der Waals surface area contributed by atoms with Gasteiger partial charge in [-0.15, -0.1) is 0 Å². The second-order valence-corrected chi connectivity index (χ2v) is 6.86. The largest absolute Gasteiger partial charge is 0.346 e. The highest BCUT2D eigenvalue weighted by Gasteiger charge is 2.26. The Hall–Kier alpha value is -2.64. The molecule has 1 aliphatic heterocycles. The van der Waals surface area contributed by atoms with Gasteiger partial charge in [-0.25, -0.2) is 9.50 Å². The summed E-state index contributed by atoms with van der Waals surface area (Å²) in [4.78, 5) is 42.4. The lowest BCUT2D eigenvalue weighted by atomic mass is 10.0. The molecule has 1 unspecified atom stereocenters. The number of likely N-dealkylation sites (tertiary alicyclic amines) is 1. The fourth-order valence-corrected chi connectivity index (χ4v) is 3.14. The van der Waals surface area contributed by atoms with Crippen LogP contribution in [0.5, 0.6) is 0 Å². The number of carbonyl (C=O) groups excluding carboxylic acids is 2. The van der Waals surface area contributed by atoms with Crippen LogP contribution in [0.15, 0.2) is 16.9 Å². The first kappa shape index (κ1) is 17.2. The van der Waals surface area contributed by atoms with Crippen LogP contribution < -0.4 is 10.9 Å². The van der Waals surface area contributed by atoms with Crippen molar-refractivity contribution in [3.63, 3.8) is 0 Å². The van der Waals surface area contributed by atoms with Gasteiger partial charge < -0.3 is 10.2 Å². The summed E-state index contributed by atoms with van der Waals surface area (Å²) in [5.41, 5.74) is 1.66. The predicted molar refractivity (Wildman–Crippen MR) is 92.1 cm³/mol. The molecule has 3 heterocycles. The predicted octanol–water partition coefficient (Wildman–Crippen LogP) is 0.767. The van der Waals surface area contributed by atoms with Crippen LogP contribution in [-0.4, -0.2) is 44.4 Å². The van der Waals surface area contributed by atoms with E-state index >= 15 is 0 Å². The highest BCUT2D eigenvalue weighted by Crippen LogP contribution is 2.20. The zero-order valence-electron chi connectivity index (χ0n) is 14.7. The van der Waals surface area contributed by atoms with Gasteiger partial charge in [0.15, 0.2) is 5.65 Å². The molecule has 0 radical (unpaired) electrons. The first-order chi connectivity index (χ1) is 11.8. The standard InChI is InChI=1S/C17H23N5O3/c1-10(2)17(19-14(23)9-21-6-4-5-15(21)24)12-8-16(25)22-13(18-12)7-11(3)20-22/h7-8,10,17,20H,4-6,9H2,1-3H3,(H,19,23). The molecule has 25 heavy (non-hydrogen) atoms. The summed E-state index contributed by atoms with van der Waals surface area (Å²) in [5, 5.41) is 5.85. The van der Waals surface area contributed by atoms with Crippen molar-refractivity contribution in [2.24, 2.45) is 5.92 Å². The molecule has 1 saturated heterocycles. The van der Waals surface area contributed by atoms with E-state index < -0.39 is 6.04 Å². The molecule has 134 valence electrons. The van der Waals surface area contributed by atoms with Gasteiger partial charge >= 0.3 is 0 Å². The van der Waals surface area contributed by atoms with Gasteiger partial charge in [0.2, 0.25) is 11.8 Å². The van der Waals surface area contributed by atoms with Crippen LogP contribution in [0.1, 0.15) is 44.1 Å². The normalized spacial score (nSPS) is 16.0.